The molecule has 0 saturated carbocycles. The van der Waals surface area contributed by atoms with E-state index in [2.05, 4.69) is 26.0 Å². The molecular formula is C12H18O. The van der Waals surface area contributed by atoms with Crippen LogP contribution in [0.3, 0.4) is 0 Å². The van der Waals surface area contributed by atoms with Crippen molar-refractivity contribution >= 4 is 0 Å². The molecule has 2 aliphatic rings. The number of ether oxygens (including phenoxy) is 1. The normalized spacial score (nSPS) is 28.1. The topological polar surface area (TPSA) is 9.23 Å². The summed E-state index contributed by atoms with van der Waals surface area (Å²) in [5, 5.41) is 0. The fourth-order valence-corrected chi connectivity index (χ4v) is 2.37. The highest BCUT2D eigenvalue weighted by Crippen LogP contribution is 2.33. The minimum absolute atomic E-state index is 0.756. The van der Waals surface area contributed by atoms with Crippen LogP contribution in [-0.4, -0.2) is 13.2 Å². The third-order valence-electron chi connectivity index (χ3n) is 3.14. The van der Waals surface area contributed by atoms with Gasteiger partial charge in [0.2, 0.25) is 0 Å². The van der Waals surface area contributed by atoms with Crippen LogP contribution in [0.15, 0.2) is 23.3 Å². The minimum atomic E-state index is 0.756. The summed E-state index contributed by atoms with van der Waals surface area (Å²) in [5.74, 6) is 1.51. The van der Waals surface area contributed by atoms with Crippen LogP contribution in [-0.2, 0) is 4.74 Å². The summed E-state index contributed by atoms with van der Waals surface area (Å²) in [6, 6.07) is 0. The Bertz CT molecular complexity index is 248. The summed E-state index contributed by atoms with van der Waals surface area (Å²) < 4.78 is 5.50. The number of allylic oxidation sites excluding steroid dienone is 1. The third kappa shape index (κ3) is 1.71. The first-order valence-electron chi connectivity index (χ1n) is 5.25. The zero-order valence-corrected chi connectivity index (χ0v) is 8.55. The van der Waals surface area contributed by atoms with E-state index in [1.54, 1.807) is 5.57 Å². The average molecular weight is 178 g/mol. The highest BCUT2D eigenvalue weighted by molar-refractivity contribution is 5.33. The molecule has 0 saturated heterocycles. The van der Waals surface area contributed by atoms with Gasteiger partial charge in [-0.25, -0.2) is 0 Å². The van der Waals surface area contributed by atoms with Crippen molar-refractivity contribution in [2.45, 2.75) is 26.7 Å². The molecule has 1 nitrogen and oxygen atoms in total. The van der Waals surface area contributed by atoms with E-state index >= 15 is 0 Å². The Kier molecular flexibility index (Phi) is 2.54. The Morgan fingerprint density at radius 1 is 1.38 bits per heavy atom. The van der Waals surface area contributed by atoms with Crippen molar-refractivity contribution in [3.8, 4) is 0 Å². The van der Waals surface area contributed by atoms with Crippen LogP contribution in [0, 0.1) is 11.8 Å². The molecule has 0 bridgehead atoms. The summed E-state index contributed by atoms with van der Waals surface area (Å²) >= 11 is 0. The Labute approximate surface area is 80.5 Å². The average Bonchev–Trinajstić information content (AvgIpc) is 2.44. The van der Waals surface area contributed by atoms with Crippen LogP contribution in [0.5, 0.6) is 0 Å². The lowest BCUT2D eigenvalue weighted by Gasteiger charge is -2.20. The van der Waals surface area contributed by atoms with Gasteiger partial charge in [-0.2, -0.15) is 0 Å². The lowest BCUT2D eigenvalue weighted by Crippen LogP contribution is -2.13. The molecule has 1 atom stereocenters. The van der Waals surface area contributed by atoms with Gasteiger partial charge in [-0.3, -0.25) is 0 Å². The summed E-state index contributed by atoms with van der Waals surface area (Å²) in [7, 11) is 0. The van der Waals surface area contributed by atoms with Gasteiger partial charge in [0, 0.05) is 0 Å². The van der Waals surface area contributed by atoms with Crippen molar-refractivity contribution in [3.05, 3.63) is 23.3 Å². The monoisotopic (exact) mass is 178 g/mol. The molecular weight excluding hydrogens is 160 g/mol. The van der Waals surface area contributed by atoms with Crippen LogP contribution >= 0.6 is 0 Å². The molecule has 0 amide bonds. The van der Waals surface area contributed by atoms with E-state index in [4.69, 9.17) is 4.74 Å². The Morgan fingerprint density at radius 2 is 2.23 bits per heavy atom. The first kappa shape index (κ1) is 9.01. The molecule has 0 aromatic heterocycles. The maximum Gasteiger partial charge on any atom is 0.0721 e. The zero-order valence-electron chi connectivity index (χ0n) is 8.55. The quantitative estimate of drug-likeness (QED) is 0.600. The first-order valence-corrected chi connectivity index (χ1v) is 5.25. The third-order valence-corrected chi connectivity index (χ3v) is 3.14. The fraction of sp³-hybridized carbons (Fsp3) is 0.667. The Hall–Kier alpha value is -0.560. The molecule has 72 valence electrons. The second-order valence-corrected chi connectivity index (χ2v) is 4.37. The van der Waals surface area contributed by atoms with Crippen LogP contribution in [0.4, 0.5) is 0 Å². The van der Waals surface area contributed by atoms with E-state index in [9.17, 15) is 0 Å². The minimum Gasteiger partial charge on any atom is -0.372 e. The Balaban J connectivity index is 2.25. The maximum absolute atomic E-state index is 5.50. The zero-order chi connectivity index (χ0) is 9.26. The van der Waals surface area contributed by atoms with Crippen LogP contribution in [0.2, 0.25) is 0 Å². The largest absolute Gasteiger partial charge is 0.372 e. The van der Waals surface area contributed by atoms with Crippen molar-refractivity contribution in [1.29, 1.82) is 0 Å². The SMILES string of the molecule is CC(C)C1CCC=CC2=C1COC2. The fourth-order valence-electron chi connectivity index (χ4n) is 2.37. The molecule has 1 unspecified atom stereocenters. The van der Waals surface area contributed by atoms with Gasteiger partial charge in [-0.05, 0) is 35.8 Å². The maximum atomic E-state index is 5.50. The van der Waals surface area contributed by atoms with Crippen LogP contribution in [0.25, 0.3) is 0 Å². The van der Waals surface area contributed by atoms with Gasteiger partial charge in [0.15, 0.2) is 0 Å². The van der Waals surface area contributed by atoms with E-state index in [-0.39, 0.29) is 0 Å². The second kappa shape index (κ2) is 3.67. The smallest absolute Gasteiger partial charge is 0.0721 e. The van der Waals surface area contributed by atoms with Crippen molar-refractivity contribution in [2.75, 3.05) is 13.2 Å². The van der Waals surface area contributed by atoms with Gasteiger partial charge in [0.25, 0.3) is 0 Å². The number of hydrogen-bond acceptors (Lipinski definition) is 1. The van der Waals surface area contributed by atoms with Crippen molar-refractivity contribution in [2.24, 2.45) is 11.8 Å². The predicted molar refractivity (Wildman–Crippen MR) is 54.5 cm³/mol. The van der Waals surface area contributed by atoms with Gasteiger partial charge >= 0.3 is 0 Å². The molecule has 0 aromatic carbocycles. The van der Waals surface area contributed by atoms with Crippen molar-refractivity contribution < 1.29 is 4.74 Å². The van der Waals surface area contributed by atoms with E-state index < -0.39 is 0 Å². The molecule has 0 fully saturated rings. The second-order valence-electron chi connectivity index (χ2n) is 4.37. The van der Waals surface area contributed by atoms with Crippen molar-refractivity contribution in [3.63, 3.8) is 0 Å². The molecule has 0 spiro atoms. The van der Waals surface area contributed by atoms with E-state index in [1.165, 1.54) is 18.4 Å². The molecule has 1 heteroatoms. The van der Waals surface area contributed by atoms with Crippen molar-refractivity contribution in [1.82, 2.24) is 0 Å². The highest BCUT2D eigenvalue weighted by atomic mass is 16.5. The molecule has 1 aliphatic heterocycles. The van der Waals surface area contributed by atoms with Gasteiger partial charge in [0.05, 0.1) is 13.2 Å². The highest BCUT2D eigenvalue weighted by Gasteiger charge is 2.25. The summed E-state index contributed by atoms with van der Waals surface area (Å²) in [5.41, 5.74) is 3.03. The molecule has 2 rings (SSSR count). The summed E-state index contributed by atoms with van der Waals surface area (Å²) in [4.78, 5) is 0. The van der Waals surface area contributed by atoms with Gasteiger partial charge in [-0.15, -0.1) is 0 Å². The summed E-state index contributed by atoms with van der Waals surface area (Å²) in [6.45, 7) is 6.36. The molecule has 0 aromatic rings. The van der Waals surface area contributed by atoms with Gasteiger partial charge < -0.3 is 4.74 Å². The molecule has 13 heavy (non-hydrogen) atoms. The van der Waals surface area contributed by atoms with Gasteiger partial charge in [0.1, 0.15) is 0 Å². The van der Waals surface area contributed by atoms with Crippen LogP contribution < -0.4 is 0 Å². The molecule has 0 N–H and O–H groups in total. The predicted octanol–water partition coefficient (Wildman–Crippen LogP) is 2.94. The molecule has 1 aliphatic carbocycles. The lowest BCUT2D eigenvalue weighted by molar-refractivity contribution is 0.196. The molecule has 1 heterocycles. The van der Waals surface area contributed by atoms with E-state index in [0.29, 0.717) is 0 Å². The summed E-state index contributed by atoms with van der Waals surface area (Å²) in [6.07, 6.45) is 7.10. The van der Waals surface area contributed by atoms with Crippen LogP contribution in [0.1, 0.15) is 26.7 Å². The van der Waals surface area contributed by atoms with Gasteiger partial charge in [-0.1, -0.05) is 26.0 Å². The lowest BCUT2D eigenvalue weighted by atomic mass is 9.84. The number of hydrogen-bond donors (Lipinski definition) is 0. The molecule has 0 radical (unpaired) electrons. The van der Waals surface area contributed by atoms with E-state index in [1.807, 2.05) is 0 Å². The standard InChI is InChI=1S/C12H18O/c1-9(2)11-6-4-3-5-10-7-13-8-12(10)11/h3,5,9,11H,4,6-8H2,1-2H3. The Morgan fingerprint density at radius 3 is 3.00 bits per heavy atom. The first-order chi connectivity index (χ1) is 6.29. The van der Waals surface area contributed by atoms with E-state index in [0.717, 1.165) is 25.0 Å². The number of rotatable bonds is 1.